The van der Waals surface area contributed by atoms with Crippen LogP contribution < -0.4 is 10.6 Å². The number of thioether (sulfide) groups is 1. The molecule has 6 nitrogen and oxygen atoms in total. The number of nitrogens with one attached hydrogen (secondary N) is 2. The Hall–Kier alpha value is -1.63. The van der Waals surface area contributed by atoms with Crippen molar-refractivity contribution in [3.05, 3.63) is 23.2 Å². The van der Waals surface area contributed by atoms with Crippen molar-refractivity contribution in [2.24, 2.45) is 0 Å². The molecule has 1 aromatic rings. The fourth-order valence-corrected chi connectivity index (χ4v) is 3.05. The maximum atomic E-state index is 11.6. The Morgan fingerprint density at radius 2 is 2.37 bits per heavy atom. The van der Waals surface area contributed by atoms with Gasteiger partial charge in [0, 0.05) is 11.8 Å². The second-order valence-electron chi connectivity index (χ2n) is 4.38. The second-order valence-corrected chi connectivity index (χ2v) is 5.53. The minimum absolute atomic E-state index is 0.129. The first-order valence-electron chi connectivity index (χ1n) is 6.01. The van der Waals surface area contributed by atoms with E-state index in [1.165, 1.54) is 6.07 Å². The van der Waals surface area contributed by atoms with Crippen LogP contribution >= 0.6 is 11.8 Å². The van der Waals surface area contributed by atoms with Gasteiger partial charge in [-0.05, 0) is 25.2 Å². The number of furan rings is 1. The van der Waals surface area contributed by atoms with Crippen molar-refractivity contribution in [3.8, 4) is 0 Å². The first-order valence-corrected chi connectivity index (χ1v) is 7.16. The topological polar surface area (TPSA) is 91.6 Å². The third-order valence-electron chi connectivity index (χ3n) is 2.89. The van der Waals surface area contributed by atoms with Crippen molar-refractivity contribution in [2.75, 3.05) is 11.5 Å². The van der Waals surface area contributed by atoms with Crippen LogP contribution in [0.4, 0.5) is 4.79 Å². The molecule has 0 saturated carbocycles. The van der Waals surface area contributed by atoms with E-state index in [0.29, 0.717) is 11.5 Å². The Bertz CT molecular complexity index is 480. The van der Waals surface area contributed by atoms with Gasteiger partial charge in [0.15, 0.2) is 0 Å². The molecule has 1 saturated heterocycles. The predicted molar refractivity (Wildman–Crippen MR) is 71.5 cm³/mol. The number of aromatic carboxylic acids is 1. The average Bonchev–Trinajstić information content (AvgIpc) is 2.96. The Morgan fingerprint density at radius 1 is 1.58 bits per heavy atom. The van der Waals surface area contributed by atoms with Gasteiger partial charge in [-0.15, -0.1) is 0 Å². The van der Waals surface area contributed by atoms with Gasteiger partial charge < -0.3 is 20.2 Å². The van der Waals surface area contributed by atoms with Crippen molar-refractivity contribution in [1.82, 2.24) is 10.6 Å². The largest absolute Gasteiger partial charge is 0.478 e. The van der Waals surface area contributed by atoms with Crippen LogP contribution in [0.5, 0.6) is 0 Å². The number of rotatable bonds is 4. The summed E-state index contributed by atoms with van der Waals surface area (Å²) < 4.78 is 5.27. The van der Waals surface area contributed by atoms with E-state index in [2.05, 4.69) is 10.6 Å². The molecule has 0 spiro atoms. The van der Waals surface area contributed by atoms with Crippen LogP contribution in [0.25, 0.3) is 0 Å². The van der Waals surface area contributed by atoms with Crippen molar-refractivity contribution >= 4 is 23.8 Å². The maximum Gasteiger partial charge on any atom is 0.339 e. The van der Waals surface area contributed by atoms with Crippen molar-refractivity contribution in [2.45, 2.75) is 25.9 Å². The first-order chi connectivity index (χ1) is 9.06. The van der Waals surface area contributed by atoms with E-state index in [4.69, 9.17) is 9.52 Å². The van der Waals surface area contributed by atoms with Crippen LogP contribution in [-0.2, 0) is 6.54 Å². The van der Waals surface area contributed by atoms with E-state index in [9.17, 15) is 9.59 Å². The number of amides is 2. The number of carbonyl (C=O) groups excluding carboxylic acids is 1. The van der Waals surface area contributed by atoms with Crippen LogP contribution in [0.3, 0.4) is 0 Å². The number of aryl methyl sites for hydroxylation is 1. The molecule has 0 radical (unpaired) electrons. The highest BCUT2D eigenvalue weighted by molar-refractivity contribution is 7.99. The molecule has 2 amide bonds. The quantitative estimate of drug-likeness (QED) is 0.781. The molecule has 1 aliphatic rings. The highest BCUT2D eigenvalue weighted by Gasteiger charge is 2.18. The van der Waals surface area contributed by atoms with Crippen LogP contribution in [0, 0.1) is 6.92 Å². The molecular formula is C12H16N2O4S. The van der Waals surface area contributed by atoms with Crippen LogP contribution in [0.1, 0.15) is 28.3 Å². The summed E-state index contributed by atoms with van der Waals surface area (Å²) in [4.78, 5) is 22.4. The van der Waals surface area contributed by atoms with E-state index in [0.717, 1.165) is 17.9 Å². The predicted octanol–water partition coefficient (Wildman–Crippen LogP) is 1.59. The summed E-state index contributed by atoms with van der Waals surface area (Å²) in [6.07, 6.45) is 0.987. The van der Waals surface area contributed by atoms with E-state index >= 15 is 0 Å². The summed E-state index contributed by atoms with van der Waals surface area (Å²) in [7, 11) is 0. The van der Waals surface area contributed by atoms with Crippen LogP contribution in [0.15, 0.2) is 10.5 Å². The zero-order valence-electron chi connectivity index (χ0n) is 10.6. The number of hydrogen-bond donors (Lipinski definition) is 3. The van der Waals surface area contributed by atoms with Crippen molar-refractivity contribution in [3.63, 3.8) is 0 Å². The third-order valence-corrected chi connectivity index (χ3v) is 4.05. The SMILES string of the molecule is Cc1oc(CNC(=O)NC2CCSC2)cc1C(=O)O. The lowest BCUT2D eigenvalue weighted by molar-refractivity contribution is 0.0695. The highest BCUT2D eigenvalue weighted by atomic mass is 32.2. The summed E-state index contributed by atoms with van der Waals surface area (Å²) in [5.74, 6) is 1.77. The normalized spacial score (nSPS) is 18.3. The molecule has 104 valence electrons. The lowest BCUT2D eigenvalue weighted by Gasteiger charge is -2.11. The molecule has 19 heavy (non-hydrogen) atoms. The zero-order valence-corrected chi connectivity index (χ0v) is 11.4. The summed E-state index contributed by atoms with van der Waals surface area (Å²) in [5, 5.41) is 14.4. The number of carboxylic acid groups (broad SMARTS) is 1. The molecule has 3 N–H and O–H groups in total. The average molecular weight is 284 g/mol. The summed E-state index contributed by atoms with van der Waals surface area (Å²) in [6, 6.07) is 1.40. The summed E-state index contributed by atoms with van der Waals surface area (Å²) in [5.41, 5.74) is 0.129. The van der Waals surface area contributed by atoms with Crippen LogP contribution in [-0.4, -0.2) is 34.7 Å². The highest BCUT2D eigenvalue weighted by Crippen LogP contribution is 2.17. The molecule has 1 atom stereocenters. The maximum absolute atomic E-state index is 11.6. The van der Waals surface area contributed by atoms with Gasteiger partial charge >= 0.3 is 12.0 Å². The van der Waals surface area contributed by atoms with Gasteiger partial charge in [0.2, 0.25) is 0 Å². The summed E-state index contributed by atoms with van der Waals surface area (Å²) in [6.45, 7) is 1.77. The molecule has 1 aliphatic heterocycles. The Kier molecular flexibility index (Phi) is 4.36. The third kappa shape index (κ3) is 3.66. The molecule has 0 bridgehead atoms. The lowest BCUT2D eigenvalue weighted by atomic mass is 10.2. The minimum Gasteiger partial charge on any atom is -0.478 e. The fraction of sp³-hybridized carbons (Fsp3) is 0.500. The number of hydrogen-bond acceptors (Lipinski definition) is 4. The van der Waals surface area contributed by atoms with Gasteiger partial charge in [-0.2, -0.15) is 11.8 Å². The standard InChI is InChI=1S/C12H16N2O4S/c1-7-10(11(15)16)4-9(18-7)5-13-12(17)14-8-2-3-19-6-8/h4,8H,2-3,5-6H2,1H3,(H,15,16)(H2,13,14,17). The van der Waals surface area contributed by atoms with E-state index < -0.39 is 5.97 Å². The number of carboxylic acids is 1. The second kappa shape index (κ2) is 6.01. The first kappa shape index (κ1) is 13.8. The molecule has 2 rings (SSSR count). The van der Waals surface area contributed by atoms with Crippen molar-refractivity contribution < 1.29 is 19.1 Å². The Balaban J connectivity index is 1.82. The fourth-order valence-electron chi connectivity index (χ4n) is 1.90. The summed E-state index contributed by atoms with van der Waals surface area (Å²) >= 11 is 1.82. The van der Waals surface area contributed by atoms with E-state index in [1.807, 2.05) is 11.8 Å². The molecular weight excluding hydrogens is 268 g/mol. The molecule has 2 heterocycles. The van der Waals surface area contributed by atoms with Crippen LogP contribution in [0.2, 0.25) is 0 Å². The van der Waals surface area contributed by atoms with Gasteiger partial charge in [0.1, 0.15) is 17.1 Å². The number of urea groups is 1. The van der Waals surface area contributed by atoms with Gasteiger partial charge in [-0.1, -0.05) is 0 Å². The van der Waals surface area contributed by atoms with Gasteiger partial charge in [0.25, 0.3) is 0 Å². The Morgan fingerprint density at radius 3 is 2.95 bits per heavy atom. The monoisotopic (exact) mass is 284 g/mol. The minimum atomic E-state index is -1.03. The van der Waals surface area contributed by atoms with Gasteiger partial charge in [0.05, 0.1) is 6.54 Å². The lowest BCUT2D eigenvalue weighted by Crippen LogP contribution is -2.41. The molecule has 7 heteroatoms. The zero-order chi connectivity index (χ0) is 13.8. The van der Waals surface area contributed by atoms with E-state index in [1.54, 1.807) is 6.92 Å². The van der Waals surface area contributed by atoms with Gasteiger partial charge in [-0.25, -0.2) is 9.59 Å². The van der Waals surface area contributed by atoms with Gasteiger partial charge in [-0.3, -0.25) is 0 Å². The van der Waals surface area contributed by atoms with E-state index in [-0.39, 0.29) is 24.2 Å². The number of carbonyl (C=O) groups is 2. The molecule has 0 aromatic carbocycles. The molecule has 1 fully saturated rings. The van der Waals surface area contributed by atoms with Crippen molar-refractivity contribution in [1.29, 1.82) is 0 Å². The molecule has 0 aliphatic carbocycles. The smallest absolute Gasteiger partial charge is 0.339 e. The molecule has 1 aromatic heterocycles. The Labute approximate surface area is 114 Å². The molecule has 1 unspecified atom stereocenters.